The molecule has 0 bridgehead atoms. The number of ether oxygens (including phenoxy) is 1. The Bertz CT molecular complexity index is 995. The number of benzene rings is 1. The predicted molar refractivity (Wildman–Crippen MR) is 89.7 cm³/mol. The van der Waals surface area contributed by atoms with Gasteiger partial charge in [0, 0.05) is 17.0 Å². The standard InChI is InChI=1S/C16H16N6O3/c1-8-6-9(2)22-16(18-8)20-14(21-22)15(24)19-11-7-10(13(17)23)4-5-12(11)25-3/h4-7H,1-3H3,(H2,17,23)(H,19,24). The van der Waals surface area contributed by atoms with E-state index in [1.165, 1.54) is 23.8 Å². The molecule has 3 aromatic rings. The van der Waals surface area contributed by atoms with Gasteiger partial charge in [-0.15, -0.1) is 5.10 Å². The molecular weight excluding hydrogens is 324 g/mol. The molecule has 0 spiro atoms. The quantitative estimate of drug-likeness (QED) is 0.733. The van der Waals surface area contributed by atoms with Crippen LogP contribution in [0.1, 0.15) is 32.4 Å². The second kappa shape index (κ2) is 6.19. The zero-order valence-electron chi connectivity index (χ0n) is 13.9. The summed E-state index contributed by atoms with van der Waals surface area (Å²) < 4.78 is 6.67. The van der Waals surface area contributed by atoms with Gasteiger partial charge in [0.2, 0.25) is 11.7 Å². The van der Waals surface area contributed by atoms with Crippen molar-refractivity contribution >= 4 is 23.3 Å². The summed E-state index contributed by atoms with van der Waals surface area (Å²) in [6.45, 7) is 3.68. The lowest BCUT2D eigenvalue weighted by Gasteiger charge is -2.10. The fourth-order valence-electron chi connectivity index (χ4n) is 2.40. The minimum Gasteiger partial charge on any atom is -0.495 e. The fraction of sp³-hybridized carbons (Fsp3) is 0.188. The van der Waals surface area contributed by atoms with Crippen molar-refractivity contribution in [1.29, 1.82) is 0 Å². The predicted octanol–water partition coefficient (Wildman–Crippen LogP) is 1.10. The van der Waals surface area contributed by atoms with E-state index in [2.05, 4.69) is 20.4 Å². The number of nitrogens with two attached hydrogens (primary N) is 1. The van der Waals surface area contributed by atoms with Crippen LogP contribution < -0.4 is 15.8 Å². The number of carbonyl (C=O) groups excluding carboxylic acids is 2. The van der Waals surface area contributed by atoms with E-state index in [0.29, 0.717) is 17.2 Å². The van der Waals surface area contributed by atoms with E-state index in [4.69, 9.17) is 10.5 Å². The van der Waals surface area contributed by atoms with E-state index < -0.39 is 11.8 Å². The first-order valence-corrected chi connectivity index (χ1v) is 7.39. The van der Waals surface area contributed by atoms with Crippen LogP contribution in [0.2, 0.25) is 0 Å². The maximum Gasteiger partial charge on any atom is 0.295 e. The lowest BCUT2D eigenvalue weighted by atomic mass is 10.1. The zero-order chi connectivity index (χ0) is 18.1. The molecular formula is C16H16N6O3. The van der Waals surface area contributed by atoms with Gasteiger partial charge in [-0.2, -0.15) is 4.98 Å². The summed E-state index contributed by atoms with van der Waals surface area (Å²) in [4.78, 5) is 32.2. The Morgan fingerprint density at radius 1 is 1.20 bits per heavy atom. The number of methoxy groups -OCH3 is 1. The summed E-state index contributed by atoms with van der Waals surface area (Å²) >= 11 is 0. The van der Waals surface area contributed by atoms with Crippen LogP contribution in [0.3, 0.4) is 0 Å². The number of amides is 2. The molecule has 0 aliphatic heterocycles. The molecule has 2 amide bonds. The lowest BCUT2D eigenvalue weighted by Crippen LogP contribution is -2.16. The summed E-state index contributed by atoms with van der Waals surface area (Å²) in [7, 11) is 1.45. The highest BCUT2D eigenvalue weighted by atomic mass is 16.5. The Kier molecular flexibility index (Phi) is 4.05. The third-order valence-corrected chi connectivity index (χ3v) is 3.55. The summed E-state index contributed by atoms with van der Waals surface area (Å²) in [5, 5.41) is 6.79. The van der Waals surface area contributed by atoms with Crippen molar-refractivity contribution < 1.29 is 14.3 Å². The van der Waals surface area contributed by atoms with Crippen molar-refractivity contribution in [1.82, 2.24) is 19.6 Å². The van der Waals surface area contributed by atoms with Crippen LogP contribution in [0.15, 0.2) is 24.3 Å². The van der Waals surface area contributed by atoms with Crippen molar-refractivity contribution in [3.8, 4) is 5.75 Å². The Morgan fingerprint density at radius 3 is 2.64 bits per heavy atom. The molecule has 2 heterocycles. The van der Waals surface area contributed by atoms with Crippen molar-refractivity contribution in [3.63, 3.8) is 0 Å². The number of aromatic nitrogens is 4. The number of fused-ring (bicyclic) bond motifs is 1. The van der Waals surface area contributed by atoms with Gasteiger partial charge in [0.1, 0.15) is 5.75 Å². The Morgan fingerprint density at radius 2 is 1.96 bits per heavy atom. The molecule has 3 rings (SSSR count). The number of rotatable bonds is 4. The van der Waals surface area contributed by atoms with Crippen LogP contribution in [-0.4, -0.2) is 38.5 Å². The minimum absolute atomic E-state index is 0.0484. The Balaban J connectivity index is 1.96. The van der Waals surface area contributed by atoms with E-state index in [0.717, 1.165) is 11.4 Å². The summed E-state index contributed by atoms with van der Waals surface area (Å²) in [6, 6.07) is 6.32. The fourth-order valence-corrected chi connectivity index (χ4v) is 2.40. The van der Waals surface area contributed by atoms with Crippen LogP contribution in [-0.2, 0) is 0 Å². The third kappa shape index (κ3) is 3.11. The highest BCUT2D eigenvalue weighted by Crippen LogP contribution is 2.25. The SMILES string of the molecule is COc1ccc(C(N)=O)cc1NC(=O)c1nc2nc(C)cc(C)n2n1. The second-order valence-electron chi connectivity index (χ2n) is 5.42. The Hall–Kier alpha value is -3.49. The van der Waals surface area contributed by atoms with Crippen LogP contribution in [0.5, 0.6) is 5.75 Å². The summed E-state index contributed by atoms with van der Waals surface area (Å²) in [5.41, 5.74) is 7.39. The molecule has 0 aliphatic carbocycles. The molecule has 0 atom stereocenters. The molecule has 9 heteroatoms. The second-order valence-corrected chi connectivity index (χ2v) is 5.42. The molecule has 3 N–H and O–H groups in total. The van der Waals surface area contributed by atoms with Crippen LogP contribution in [0.25, 0.3) is 5.78 Å². The average Bonchev–Trinajstić information content (AvgIpc) is 2.99. The van der Waals surface area contributed by atoms with E-state index in [1.54, 1.807) is 6.07 Å². The van der Waals surface area contributed by atoms with Crippen molar-refractivity contribution in [2.24, 2.45) is 5.73 Å². The molecule has 0 saturated heterocycles. The molecule has 1 aromatic carbocycles. The van der Waals surface area contributed by atoms with E-state index >= 15 is 0 Å². The van der Waals surface area contributed by atoms with Crippen molar-refractivity contribution in [2.45, 2.75) is 13.8 Å². The molecule has 0 fully saturated rings. The van der Waals surface area contributed by atoms with E-state index in [9.17, 15) is 9.59 Å². The van der Waals surface area contributed by atoms with Gasteiger partial charge >= 0.3 is 0 Å². The van der Waals surface area contributed by atoms with E-state index in [-0.39, 0.29) is 11.4 Å². The smallest absolute Gasteiger partial charge is 0.295 e. The lowest BCUT2D eigenvalue weighted by molar-refractivity contribution is 0.0994. The van der Waals surface area contributed by atoms with Crippen molar-refractivity contribution in [3.05, 3.63) is 47.0 Å². The van der Waals surface area contributed by atoms with Gasteiger partial charge in [0.05, 0.1) is 12.8 Å². The van der Waals surface area contributed by atoms with Gasteiger partial charge in [-0.3, -0.25) is 9.59 Å². The average molecular weight is 340 g/mol. The van der Waals surface area contributed by atoms with Crippen molar-refractivity contribution in [2.75, 3.05) is 12.4 Å². The molecule has 0 saturated carbocycles. The van der Waals surface area contributed by atoms with Gasteiger partial charge in [-0.25, -0.2) is 9.50 Å². The van der Waals surface area contributed by atoms with Gasteiger partial charge < -0.3 is 15.8 Å². The highest BCUT2D eigenvalue weighted by molar-refractivity contribution is 6.04. The third-order valence-electron chi connectivity index (χ3n) is 3.55. The first-order chi connectivity index (χ1) is 11.9. The topological polar surface area (TPSA) is 124 Å². The number of hydrogen-bond donors (Lipinski definition) is 2. The number of carbonyl (C=O) groups is 2. The van der Waals surface area contributed by atoms with Crippen LogP contribution >= 0.6 is 0 Å². The van der Waals surface area contributed by atoms with E-state index in [1.807, 2.05) is 19.9 Å². The first kappa shape index (κ1) is 16.4. The number of hydrogen-bond acceptors (Lipinski definition) is 6. The van der Waals surface area contributed by atoms with Gasteiger partial charge in [-0.1, -0.05) is 0 Å². The Labute approximate surface area is 142 Å². The van der Waals surface area contributed by atoms with Gasteiger partial charge in [-0.05, 0) is 38.1 Å². The molecule has 0 unspecified atom stereocenters. The minimum atomic E-state index is -0.612. The number of anilines is 1. The number of aryl methyl sites for hydroxylation is 2. The largest absolute Gasteiger partial charge is 0.495 e. The number of nitrogens with one attached hydrogen (secondary N) is 1. The van der Waals surface area contributed by atoms with Crippen LogP contribution in [0, 0.1) is 13.8 Å². The molecule has 9 nitrogen and oxygen atoms in total. The molecule has 128 valence electrons. The number of nitrogens with zero attached hydrogens (tertiary/aromatic N) is 4. The number of primary amides is 1. The normalized spacial score (nSPS) is 10.7. The summed E-state index contributed by atoms with van der Waals surface area (Å²) in [5.74, 6) is -0.498. The van der Waals surface area contributed by atoms with Gasteiger partial charge in [0.25, 0.3) is 11.7 Å². The highest BCUT2D eigenvalue weighted by Gasteiger charge is 2.17. The monoisotopic (exact) mass is 340 g/mol. The maximum atomic E-state index is 12.5. The summed E-state index contributed by atoms with van der Waals surface area (Å²) in [6.07, 6.45) is 0. The molecule has 0 radical (unpaired) electrons. The zero-order valence-corrected chi connectivity index (χ0v) is 13.9. The first-order valence-electron chi connectivity index (χ1n) is 7.39. The molecule has 2 aromatic heterocycles. The molecule has 0 aliphatic rings. The van der Waals surface area contributed by atoms with Crippen LogP contribution in [0.4, 0.5) is 5.69 Å². The maximum absolute atomic E-state index is 12.5. The molecule has 25 heavy (non-hydrogen) atoms. The van der Waals surface area contributed by atoms with Gasteiger partial charge in [0.15, 0.2) is 0 Å².